The molecule has 31 heavy (non-hydrogen) atoms. The highest BCUT2D eigenvalue weighted by Crippen LogP contribution is 2.16. The Morgan fingerprint density at radius 1 is 0.419 bits per heavy atom. The molecule has 0 saturated heterocycles. The maximum absolute atomic E-state index is 5.13. The second kappa shape index (κ2) is 40.3. The van der Waals surface area contributed by atoms with Crippen LogP contribution in [0.15, 0.2) is 0 Å². The highest BCUT2D eigenvalue weighted by Gasteiger charge is 2.03. The lowest BCUT2D eigenvalue weighted by Crippen LogP contribution is -2.00. The Morgan fingerprint density at radius 3 is 0.935 bits per heavy atom. The van der Waals surface area contributed by atoms with Crippen molar-refractivity contribution in [1.82, 2.24) is 0 Å². The van der Waals surface area contributed by atoms with Gasteiger partial charge in [0.05, 0.1) is 0 Å². The molecule has 0 aliphatic rings. The average molecular weight is 445 g/mol. The van der Waals surface area contributed by atoms with Crippen LogP contribution in [0.5, 0.6) is 0 Å². The molecule has 0 N–H and O–H groups in total. The van der Waals surface area contributed by atoms with Crippen molar-refractivity contribution in [1.29, 1.82) is 0 Å². The van der Waals surface area contributed by atoms with Crippen molar-refractivity contribution < 1.29 is 4.74 Å². The third-order valence-electron chi connectivity index (χ3n) is 5.56. The Kier molecular flexibility index (Phi) is 49.7. The molecule has 0 aliphatic heterocycles. The molecule has 0 saturated carbocycles. The van der Waals surface area contributed by atoms with Crippen LogP contribution in [0.3, 0.4) is 0 Å². The summed E-state index contributed by atoms with van der Waals surface area (Å²) in [6.45, 7) is 24.3. The van der Waals surface area contributed by atoms with Crippen LogP contribution < -0.4 is 0 Å². The van der Waals surface area contributed by atoms with E-state index in [-0.39, 0.29) is 0 Å². The van der Waals surface area contributed by atoms with Gasteiger partial charge in [-0.25, -0.2) is 0 Å². The van der Waals surface area contributed by atoms with Gasteiger partial charge in [0, 0.05) is 13.2 Å². The van der Waals surface area contributed by atoms with Crippen molar-refractivity contribution in [2.24, 2.45) is 11.8 Å². The van der Waals surface area contributed by atoms with E-state index in [1.807, 2.05) is 0 Å². The molecule has 2 atom stereocenters. The number of unbranched alkanes of at least 4 members (excludes halogenated alkanes) is 9. The van der Waals surface area contributed by atoms with Gasteiger partial charge in [-0.1, -0.05) is 153 Å². The Balaban J connectivity index is -0.000000158. The van der Waals surface area contributed by atoms with Gasteiger partial charge in [-0.3, -0.25) is 0 Å². The number of hydrogen-bond acceptors (Lipinski definition) is 1. The largest absolute Gasteiger partial charge is 0.381 e. The van der Waals surface area contributed by atoms with Crippen LogP contribution in [0.2, 0.25) is 0 Å². The molecular weight excluding hydrogens is 376 g/mol. The lowest BCUT2D eigenvalue weighted by atomic mass is 9.94. The van der Waals surface area contributed by atoms with Crippen LogP contribution in [0.25, 0.3) is 0 Å². The maximum atomic E-state index is 5.13. The van der Waals surface area contributed by atoms with E-state index in [4.69, 9.17) is 4.74 Å². The summed E-state index contributed by atoms with van der Waals surface area (Å²) in [5.74, 6) is 1.86. The van der Waals surface area contributed by atoms with E-state index < -0.39 is 0 Å². The van der Waals surface area contributed by atoms with E-state index in [0.717, 1.165) is 37.9 Å². The van der Waals surface area contributed by atoms with E-state index in [0.29, 0.717) is 0 Å². The van der Waals surface area contributed by atoms with Gasteiger partial charge in [0.15, 0.2) is 0 Å². The Bertz CT molecular complexity index is 207. The van der Waals surface area contributed by atoms with Gasteiger partial charge < -0.3 is 4.74 Å². The van der Waals surface area contributed by atoms with Crippen molar-refractivity contribution >= 4 is 0 Å². The third kappa shape index (κ3) is 53.3. The fraction of sp³-hybridized carbons (Fsp3) is 1.00. The summed E-state index contributed by atoms with van der Waals surface area (Å²) < 4.78 is 5.13. The molecule has 0 aromatic carbocycles. The standard InChI is InChI=1S/C9H20.C8H18.C7H16.C6H14O/c1-5-8(3)7-9(4)6-2;1-3-5-7-8-6-4-2;2*1-3-5-7-6-4-2/h8-9H,5-7H2,1-4H3;3-8H2,1-2H3;3-7H2,1-2H3;3-6H2,1-2H3. The smallest absolute Gasteiger partial charge is 0.0463 e. The molecule has 0 aromatic heterocycles. The van der Waals surface area contributed by atoms with Crippen molar-refractivity contribution in [2.75, 3.05) is 13.2 Å². The van der Waals surface area contributed by atoms with Crippen molar-refractivity contribution in [2.45, 2.75) is 172 Å². The van der Waals surface area contributed by atoms with Gasteiger partial charge in [0.2, 0.25) is 0 Å². The number of ether oxygens (including phenoxy) is 1. The zero-order valence-corrected chi connectivity index (χ0v) is 24.3. The van der Waals surface area contributed by atoms with Crippen LogP contribution in [0.4, 0.5) is 0 Å². The Labute approximate surface area is 201 Å². The van der Waals surface area contributed by atoms with Gasteiger partial charge >= 0.3 is 0 Å². The molecule has 0 spiro atoms. The summed E-state index contributed by atoms with van der Waals surface area (Å²) in [6, 6.07) is 0. The zero-order chi connectivity index (χ0) is 24.6. The molecule has 0 bridgehead atoms. The quantitative estimate of drug-likeness (QED) is 0.203. The SMILES string of the molecule is CCC(C)CC(C)CC.CCCCCCC.CCCCCCCC.CCCOCCC. The molecule has 0 radical (unpaired) electrons. The fourth-order valence-electron chi connectivity index (χ4n) is 2.94. The Hall–Kier alpha value is -0.0400. The summed E-state index contributed by atoms with van der Waals surface area (Å²) in [6.07, 6.45) is 21.9. The monoisotopic (exact) mass is 445 g/mol. The molecule has 0 heterocycles. The maximum Gasteiger partial charge on any atom is 0.0463 e. The highest BCUT2D eigenvalue weighted by molar-refractivity contribution is 4.55. The van der Waals surface area contributed by atoms with Gasteiger partial charge in [0.25, 0.3) is 0 Å². The average Bonchev–Trinajstić information content (AvgIpc) is 2.78. The van der Waals surface area contributed by atoms with Crippen LogP contribution in [-0.2, 0) is 4.74 Å². The lowest BCUT2D eigenvalue weighted by molar-refractivity contribution is 0.135. The number of rotatable bonds is 17. The first-order valence-electron chi connectivity index (χ1n) is 14.5. The third-order valence-corrected chi connectivity index (χ3v) is 5.56. The first-order chi connectivity index (χ1) is 14.9. The molecule has 0 aliphatic carbocycles. The second-order valence-corrected chi connectivity index (χ2v) is 9.35. The van der Waals surface area contributed by atoms with E-state index >= 15 is 0 Å². The van der Waals surface area contributed by atoms with E-state index in [1.165, 1.54) is 89.9 Å². The van der Waals surface area contributed by atoms with Gasteiger partial charge in [-0.05, 0) is 31.1 Å². The molecular formula is C30H68O. The first-order valence-corrected chi connectivity index (χ1v) is 14.5. The zero-order valence-electron chi connectivity index (χ0n) is 24.3. The van der Waals surface area contributed by atoms with Crippen molar-refractivity contribution in [3.05, 3.63) is 0 Å². The molecule has 0 amide bonds. The summed E-state index contributed by atoms with van der Waals surface area (Å²) in [5.41, 5.74) is 0. The topological polar surface area (TPSA) is 9.23 Å². The van der Waals surface area contributed by atoms with Gasteiger partial charge in [0.1, 0.15) is 0 Å². The molecule has 194 valence electrons. The minimum atomic E-state index is 0.924. The van der Waals surface area contributed by atoms with Crippen molar-refractivity contribution in [3.63, 3.8) is 0 Å². The molecule has 0 aromatic rings. The molecule has 0 rings (SSSR count). The van der Waals surface area contributed by atoms with Crippen LogP contribution in [0, 0.1) is 11.8 Å². The predicted molar refractivity (Wildman–Crippen MR) is 148 cm³/mol. The van der Waals surface area contributed by atoms with E-state index in [1.54, 1.807) is 0 Å². The minimum Gasteiger partial charge on any atom is -0.381 e. The molecule has 2 unspecified atom stereocenters. The van der Waals surface area contributed by atoms with E-state index in [9.17, 15) is 0 Å². The normalized spacial score (nSPS) is 11.8. The lowest BCUT2D eigenvalue weighted by Gasteiger charge is -2.12. The summed E-state index contributed by atoms with van der Waals surface area (Å²) >= 11 is 0. The summed E-state index contributed by atoms with van der Waals surface area (Å²) in [4.78, 5) is 0. The van der Waals surface area contributed by atoms with Crippen LogP contribution in [0.1, 0.15) is 172 Å². The van der Waals surface area contributed by atoms with Crippen LogP contribution >= 0.6 is 0 Å². The fourth-order valence-corrected chi connectivity index (χ4v) is 2.94. The summed E-state index contributed by atoms with van der Waals surface area (Å²) in [7, 11) is 0. The summed E-state index contributed by atoms with van der Waals surface area (Å²) in [5, 5.41) is 0. The Morgan fingerprint density at radius 2 is 0.710 bits per heavy atom. The number of hydrogen-bond donors (Lipinski definition) is 0. The van der Waals surface area contributed by atoms with E-state index in [2.05, 4.69) is 69.2 Å². The molecule has 1 heteroatoms. The van der Waals surface area contributed by atoms with Gasteiger partial charge in [-0.2, -0.15) is 0 Å². The molecule has 1 nitrogen and oxygen atoms in total. The predicted octanol–water partition coefficient (Wildman–Crippen LogP) is 11.6. The van der Waals surface area contributed by atoms with Gasteiger partial charge in [-0.15, -0.1) is 0 Å². The molecule has 0 fully saturated rings. The van der Waals surface area contributed by atoms with Crippen molar-refractivity contribution in [3.8, 4) is 0 Å². The first kappa shape index (κ1) is 38.2. The highest BCUT2D eigenvalue weighted by atomic mass is 16.5. The second-order valence-electron chi connectivity index (χ2n) is 9.35. The minimum absolute atomic E-state index is 0.924. The van der Waals surface area contributed by atoms with Crippen LogP contribution in [-0.4, -0.2) is 13.2 Å².